The summed E-state index contributed by atoms with van der Waals surface area (Å²) in [5.74, 6) is -0.248. The standard InChI is InChI=1S/C68H123NO13/c1-3-5-7-9-11-13-15-17-18-19-20-21-22-23-24-25-26-27-28-29-30-31-32-33-34-35-36-37-38-40-42-44-46-48-50-52-60(73)69-56(57(72)51-49-47-45-43-41-39-16-14-12-10-8-6-4-2)55-79-67-65(78)63(76)66(59(54-71)81-67)82-68-64(77)62(75)61(74)58(53-70)80-68/h15,17,19-20,22-23,41,43,49,51,56-59,61-68,70-72,74-78H,3-14,16,18,21,24-40,42,44-48,50,52-55H2,1-2H3,(H,69,73)/b17-15-,20-19-,23-22-,43-41+,51-49+. The molecule has 0 saturated carbocycles. The molecule has 478 valence electrons. The lowest BCUT2D eigenvalue weighted by atomic mass is 9.97. The van der Waals surface area contributed by atoms with Gasteiger partial charge in [-0.25, -0.2) is 0 Å². The molecule has 2 fully saturated rings. The van der Waals surface area contributed by atoms with E-state index < -0.39 is 86.8 Å². The van der Waals surface area contributed by atoms with Crippen LogP contribution in [0.25, 0.3) is 0 Å². The van der Waals surface area contributed by atoms with E-state index in [4.69, 9.17) is 18.9 Å². The van der Waals surface area contributed by atoms with Gasteiger partial charge in [0.2, 0.25) is 5.91 Å². The topological polar surface area (TPSA) is 228 Å². The van der Waals surface area contributed by atoms with Gasteiger partial charge in [0.15, 0.2) is 12.6 Å². The van der Waals surface area contributed by atoms with Crippen LogP contribution in [0.4, 0.5) is 0 Å². The molecular formula is C68H123NO13. The average Bonchev–Trinajstić information content (AvgIpc) is 3.56. The molecule has 2 saturated heterocycles. The van der Waals surface area contributed by atoms with Crippen molar-refractivity contribution >= 4 is 5.91 Å². The second-order valence-electron chi connectivity index (χ2n) is 23.6. The van der Waals surface area contributed by atoms with Crippen LogP contribution >= 0.6 is 0 Å². The summed E-state index contributed by atoms with van der Waals surface area (Å²) in [6.07, 6.45) is 53.0. The Labute approximate surface area is 498 Å². The molecule has 14 nitrogen and oxygen atoms in total. The van der Waals surface area contributed by atoms with Crippen molar-refractivity contribution in [3.8, 4) is 0 Å². The highest BCUT2D eigenvalue weighted by Crippen LogP contribution is 2.30. The highest BCUT2D eigenvalue weighted by Gasteiger charge is 2.51. The smallest absolute Gasteiger partial charge is 0.220 e. The number of hydrogen-bond acceptors (Lipinski definition) is 13. The van der Waals surface area contributed by atoms with Gasteiger partial charge in [-0.2, -0.15) is 0 Å². The number of rotatable bonds is 54. The number of carbonyl (C=O) groups excluding carboxylic acids is 1. The van der Waals surface area contributed by atoms with E-state index in [1.54, 1.807) is 6.08 Å². The summed E-state index contributed by atoms with van der Waals surface area (Å²) in [7, 11) is 0. The molecule has 2 aliphatic heterocycles. The second-order valence-corrected chi connectivity index (χ2v) is 23.6. The van der Waals surface area contributed by atoms with Gasteiger partial charge < -0.3 is 65.1 Å². The van der Waals surface area contributed by atoms with Crippen LogP contribution in [-0.2, 0) is 23.7 Å². The van der Waals surface area contributed by atoms with Gasteiger partial charge >= 0.3 is 0 Å². The molecule has 0 aromatic carbocycles. The summed E-state index contributed by atoms with van der Waals surface area (Å²) in [6, 6.07) is -0.931. The van der Waals surface area contributed by atoms with Crippen molar-refractivity contribution in [2.75, 3.05) is 19.8 Å². The Hall–Kier alpha value is -2.31. The zero-order chi connectivity index (χ0) is 59.5. The van der Waals surface area contributed by atoms with Gasteiger partial charge in [-0.3, -0.25) is 4.79 Å². The largest absolute Gasteiger partial charge is 0.394 e. The third kappa shape index (κ3) is 37.3. The van der Waals surface area contributed by atoms with Crippen molar-refractivity contribution in [2.24, 2.45) is 0 Å². The lowest BCUT2D eigenvalue weighted by molar-refractivity contribution is -0.359. The molecule has 0 aromatic rings. The molecule has 82 heavy (non-hydrogen) atoms. The summed E-state index contributed by atoms with van der Waals surface area (Å²) in [5.41, 5.74) is 0. The van der Waals surface area contributed by atoms with Gasteiger partial charge in [0.25, 0.3) is 0 Å². The van der Waals surface area contributed by atoms with Crippen LogP contribution in [0.1, 0.15) is 271 Å². The summed E-state index contributed by atoms with van der Waals surface area (Å²) in [5, 5.41) is 87.1. The van der Waals surface area contributed by atoms with Gasteiger partial charge in [0.1, 0.15) is 48.8 Å². The lowest BCUT2D eigenvalue weighted by Crippen LogP contribution is -2.65. The summed E-state index contributed by atoms with van der Waals surface area (Å²) in [4.78, 5) is 13.3. The zero-order valence-electron chi connectivity index (χ0n) is 51.7. The van der Waals surface area contributed by atoms with Crippen LogP contribution in [0.5, 0.6) is 0 Å². The number of amides is 1. The van der Waals surface area contributed by atoms with Crippen molar-refractivity contribution in [3.05, 3.63) is 60.8 Å². The molecule has 0 spiro atoms. The van der Waals surface area contributed by atoms with Crippen LogP contribution in [0.3, 0.4) is 0 Å². The number of carbonyl (C=O) groups is 1. The number of nitrogens with one attached hydrogen (secondary N) is 1. The van der Waals surface area contributed by atoms with Gasteiger partial charge in [-0.15, -0.1) is 0 Å². The Morgan fingerprint density at radius 2 is 0.817 bits per heavy atom. The number of aliphatic hydroxyl groups excluding tert-OH is 8. The molecule has 1 amide bonds. The maximum Gasteiger partial charge on any atom is 0.220 e. The molecule has 9 N–H and O–H groups in total. The Bertz CT molecular complexity index is 1610. The van der Waals surface area contributed by atoms with E-state index in [1.807, 2.05) is 6.08 Å². The van der Waals surface area contributed by atoms with Crippen molar-refractivity contribution in [1.82, 2.24) is 5.32 Å². The van der Waals surface area contributed by atoms with E-state index in [0.29, 0.717) is 12.8 Å². The first-order valence-electron chi connectivity index (χ1n) is 33.5. The molecule has 0 bridgehead atoms. The van der Waals surface area contributed by atoms with Crippen LogP contribution in [0, 0.1) is 0 Å². The molecule has 2 heterocycles. The highest BCUT2D eigenvalue weighted by atomic mass is 16.7. The molecule has 0 aliphatic carbocycles. The molecule has 0 radical (unpaired) electrons. The van der Waals surface area contributed by atoms with Crippen LogP contribution in [0.15, 0.2) is 60.8 Å². The SMILES string of the molecule is CCCCCCC/C=C\C/C=C\C/C=C\CCCCCCCCCCCCCCCCCCCCCCC(=O)NC(COC1OC(CO)C(OC2OC(CO)C(O)C(O)C2O)C(O)C1O)C(O)/C=C/CC/C=C/CCCCCCCCC. The third-order valence-electron chi connectivity index (χ3n) is 16.2. The van der Waals surface area contributed by atoms with E-state index >= 15 is 0 Å². The predicted molar refractivity (Wildman–Crippen MR) is 332 cm³/mol. The van der Waals surface area contributed by atoms with E-state index in [2.05, 4.69) is 67.8 Å². The van der Waals surface area contributed by atoms with E-state index in [1.165, 1.54) is 193 Å². The molecular weight excluding hydrogens is 1040 g/mol. The molecule has 0 aromatic heterocycles. The Balaban J connectivity index is 1.61. The molecule has 14 heteroatoms. The number of allylic oxidation sites excluding steroid dienone is 9. The van der Waals surface area contributed by atoms with Gasteiger partial charge in [0.05, 0.1) is 32.0 Å². The number of aliphatic hydroxyl groups is 8. The van der Waals surface area contributed by atoms with Crippen LogP contribution in [-0.4, -0.2) is 140 Å². The number of ether oxygens (including phenoxy) is 4. The minimum atomic E-state index is -1.79. The average molecular weight is 1160 g/mol. The van der Waals surface area contributed by atoms with Crippen LogP contribution in [0.2, 0.25) is 0 Å². The van der Waals surface area contributed by atoms with Gasteiger partial charge in [-0.1, -0.05) is 254 Å². The van der Waals surface area contributed by atoms with E-state index in [-0.39, 0.29) is 18.9 Å². The minimum Gasteiger partial charge on any atom is -0.394 e. The quantitative estimate of drug-likeness (QED) is 0.0204. The Morgan fingerprint density at radius 3 is 1.28 bits per heavy atom. The normalized spacial score (nSPS) is 24.3. The first-order valence-corrected chi connectivity index (χ1v) is 33.5. The van der Waals surface area contributed by atoms with Crippen molar-refractivity contribution < 1.29 is 64.6 Å². The minimum absolute atomic E-state index is 0.248. The van der Waals surface area contributed by atoms with Gasteiger partial charge in [0, 0.05) is 6.42 Å². The Kier molecular flexibility index (Phi) is 49.0. The fourth-order valence-electron chi connectivity index (χ4n) is 10.8. The maximum absolute atomic E-state index is 13.3. The lowest BCUT2D eigenvalue weighted by Gasteiger charge is -2.46. The molecule has 2 aliphatic rings. The molecule has 12 atom stereocenters. The summed E-state index contributed by atoms with van der Waals surface area (Å²) >= 11 is 0. The summed E-state index contributed by atoms with van der Waals surface area (Å²) < 4.78 is 22.8. The zero-order valence-corrected chi connectivity index (χ0v) is 51.7. The van der Waals surface area contributed by atoms with E-state index in [0.717, 1.165) is 44.9 Å². The number of unbranched alkanes of at least 4 members (excludes halogenated alkanes) is 33. The number of hydrogen-bond donors (Lipinski definition) is 9. The van der Waals surface area contributed by atoms with Gasteiger partial charge in [-0.05, 0) is 70.6 Å². The monoisotopic (exact) mass is 1160 g/mol. The maximum atomic E-state index is 13.3. The first-order chi connectivity index (χ1) is 40.1. The van der Waals surface area contributed by atoms with E-state index in [9.17, 15) is 45.6 Å². The van der Waals surface area contributed by atoms with Crippen LogP contribution < -0.4 is 5.32 Å². The van der Waals surface area contributed by atoms with Crippen molar-refractivity contribution in [3.63, 3.8) is 0 Å². The fraction of sp³-hybridized carbons (Fsp3) is 0.838. The highest BCUT2D eigenvalue weighted by molar-refractivity contribution is 5.76. The van der Waals surface area contributed by atoms with Crippen molar-refractivity contribution in [1.29, 1.82) is 0 Å². The predicted octanol–water partition coefficient (Wildman–Crippen LogP) is 12.9. The fourth-order valence-corrected chi connectivity index (χ4v) is 10.8. The Morgan fingerprint density at radius 1 is 0.439 bits per heavy atom. The summed E-state index contributed by atoms with van der Waals surface area (Å²) in [6.45, 7) is 2.76. The first kappa shape index (κ1) is 75.8. The third-order valence-corrected chi connectivity index (χ3v) is 16.2. The molecule has 12 unspecified atom stereocenters. The van der Waals surface area contributed by atoms with Crippen molar-refractivity contribution in [2.45, 2.75) is 344 Å². The second kappa shape index (κ2) is 53.0. The molecule has 2 rings (SSSR count).